The number of rotatable bonds is 5. The molecule has 24 heavy (non-hydrogen) atoms. The monoisotopic (exact) mass is 323 g/mol. The SMILES string of the molecule is CC(NC(=O)c1ccccc1)(C(=O)NCC#N)c1ccc(O)cc1. The van der Waals surface area contributed by atoms with Crippen LogP contribution >= 0.6 is 0 Å². The highest BCUT2D eigenvalue weighted by Crippen LogP contribution is 2.24. The summed E-state index contributed by atoms with van der Waals surface area (Å²) in [6.45, 7) is 1.38. The number of phenols is 1. The standard InChI is InChI=1S/C18H17N3O3/c1-18(17(24)20-12-11-19,14-7-9-15(22)10-8-14)21-16(23)13-5-3-2-4-6-13/h2-10,22H,12H2,1H3,(H,20,24)(H,21,23). The van der Waals surface area contributed by atoms with Crippen molar-refractivity contribution >= 4 is 11.8 Å². The van der Waals surface area contributed by atoms with E-state index >= 15 is 0 Å². The molecule has 1 atom stereocenters. The van der Waals surface area contributed by atoms with Crippen molar-refractivity contribution in [1.82, 2.24) is 10.6 Å². The Morgan fingerprint density at radius 2 is 1.75 bits per heavy atom. The molecule has 2 aromatic carbocycles. The molecule has 0 aliphatic heterocycles. The highest BCUT2D eigenvalue weighted by molar-refractivity contribution is 5.99. The predicted molar refractivity (Wildman–Crippen MR) is 88.0 cm³/mol. The summed E-state index contributed by atoms with van der Waals surface area (Å²) in [5.41, 5.74) is -0.493. The second-order valence-corrected chi connectivity index (χ2v) is 5.33. The molecule has 6 nitrogen and oxygen atoms in total. The maximum absolute atomic E-state index is 12.5. The maximum atomic E-state index is 12.5. The largest absolute Gasteiger partial charge is 0.508 e. The minimum Gasteiger partial charge on any atom is -0.508 e. The lowest BCUT2D eigenvalue weighted by atomic mass is 9.90. The number of nitriles is 1. The van der Waals surface area contributed by atoms with Gasteiger partial charge in [-0.1, -0.05) is 30.3 Å². The van der Waals surface area contributed by atoms with Crippen molar-refractivity contribution in [2.75, 3.05) is 6.54 Å². The van der Waals surface area contributed by atoms with E-state index in [0.29, 0.717) is 11.1 Å². The summed E-state index contributed by atoms with van der Waals surface area (Å²) < 4.78 is 0. The van der Waals surface area contributed by atoms with Gasteiger partial charge < -0.3 is 15.7 Å². The van der Waals surface area contributed by atoms with E-state index in [1.165, 1.54) is 12.1 Å². The zero-order chi connectivity index (χ0) is 17.6. The van der Waals surface area contributed by atoms with Crippen molar-refractivity contribution in [3.05, 3.63) is 65.7 Å². The highest BCUT2D eigenvalue weighted by atomic mass is 16.3. The van der Waals surface area contributed by atoms with Crippen LogP contribution < -0.4 is 10.6 Å². The average molecular weight is 323 g/mol. The van der Waals surface area contributed by atoms with Crippen LogP contribution in [0.5, 0.6) is 5.75 Å². The quantitative estimate of drug-likeness (QED) is 0.728. The van der Waals surface area contributed by atoms with Gasteiger partial charge in [-0.25, -0.2) is 0 Å². The van der Waals surface area contributed by atoms with Crippen molar-refractivity contribution in [3.63, 3.8) is 0 Å². The molecule has 0 spiro atoms. The molecular formula is C18H17N3O3. The van der Waals surface area contributed by atoms with Crippen LogP contribution in [0.25, 0.3) is 0 Å². The van der Waals surface area contributed by atoms with E-state index in [1.807, 2.05) is 6.07 Å². The number of benzene rings is 2. The molecule has 0 fully saturated rings. The molecule has 6 heteroatoms. The summed E-state index contributed by atoms with van der Waals surface area (Å²) in [5.74, 6) is -0.884. The van der Waals surface area contributed by atoms with Gasteiger partial charge in [0.1, 0.15) is 17.8 Å². The number of amides is 2. The summed E-state index contributed by atoms with van der Waals surface area (Å²) >= 11 is 0. The number of hydrogen-bond acceptors (Lipinski definition) is 4. The fourth-order valence-corrected chi connectivity index (χ4v) is 2.24. The Morgan fingerprint density at radius 1 is 1.12 bits per heavy atom. The van der Waals surface area contributed by atoms with Gasteiger partial charge in [-0.05, 0) is 36.8 Å². The van der Waals surface area contributed by atoms with Crippen LogP contribution in [0.3, 0.4) is 0 Å². The molecule has 0 aromatic heterocycles. The third-order valence-corrected chi connectivity index (χ3v) is 3.63. The number of hydrogen-bond donors (Lipinski definition) is 3. The van der Waals surface area contributed by atoms with Crippen LogP contribution in [-0.4, -0.2) is 23.5 Å². The van der Waals surface area contributed by atoms with Crippen LogP contribution in [0.2, 0.25) is 0 Å². The van der Waals surface area contributed by atoms with Crippen molar-refractivity contribution < 1.29 is 14.7 Å². The van der Waals surface area contributed by atoms with E-state index in [4.69, 9.17) is 5.26 Å². The van der Waals surface area contributed by atoms with Gasteiger partial charge in [0.25, 0.3) is 11.8 Å². The molecule has 2 amide bonds. The van der Waals surface area contributed by atoms with Gasteiger partial charge in [0, 0.05) is 5.56 Å². The van der Waals surface area contributed by atoms with E-state index in [-0.39, 0.29) is 12.3 Å². The summed E-state index contributed by atoms with van der Waals surface area (Å²) in [6, 6.07) is 16.3. The summed E-state index contributed by atoms with van der Waals surface area (Å²) in [5, 5.41) is 23.3. The Morgan fingerprint density at radius 3 is 2.33 bits per heavy atom. The molecule has 0 aliphatic carbocycles. The smallest absolute Gasteiger partial charge is 0.252 e. The topological polar surface area (TPSA) is 102 Å². The first-order valence-corrected chi connectivity index (χ1v) is 7.29. The van der Waals surface area contributed by atoms with Crippen molar-refractivity contribution in [1.29, 1.82) is 5.26 Å². The van der Waals surface area contributed by atoms with E-state index < -0.39 is 17.4 Å². The molecule has 2 aromatic rings. The van der Waals surface area contributed by atoms with Gasteiger partial charge in [-0.3, -0.25) is 9.59 Å². The second-order valence-electron chi connectivity index (χ2n) is 5.33. The molecule has 0 heterocycles. The van der Waals surface area contributed by atoms with E-state index in [9.17, 15) is 14.7 Å². The lowest BCUT2D eigenvalue weighted by Crippen LogP contribution is -2.54. The Labute approximate surface area is 139 Å². The Bertz CT molecular complexity index is 766. The zero-order valence-corrected chi connectivity index (χ0v) is 13.1. The van der Waals surface area contributed by atoms with Crippen LogP contribution in [0.1, 0.15) is 22.8 Å². The normalized spacial score (nSPS) is 12.5. The van der Waals surface area contributed by atoms with E-state index in [0.717, 1.165) is 0 Å². The lowest BCUT2D eigenvalue weighted by Gasteiger charge is -2.30. The van der Waals surface area contributed by atoms with Crippen LogP contribution in [0.4, 0.5) is 0 Å². The predicted octanol–water partition coefficient (Wildman–Crippen LogP) is 1.68. The lowest BCUT2D eigenvalue weighted by molar-refractivity contribution is -0.126. The molecule has 0 radical (unpaired) electrons. The minimum atomic E-state index is -1.39. The molecule has 3 N–H and O–H groups in total. The van der Waals surface area contributed by atoms with Gasteiger partial charge >= 0.3 is 0 Å². The average Bonchev–Trinajstić information content (AvgIpc) is 2.60. The van der Waals surface area contributed by atoms with Gasteiger partial charge in [0.15, 0.2) is 0 Å². The molecule has 2 rings (SSSR count). The second kappa shape index (κ2) is 7.29. The first-order chi connectivity index (χ1) is 11.5. The summed E-state index contributed by atoms with van der Waals surface area (Å²) in [4.78, 5) is 25.0. The molecule has 122 valence electrons. The zero-order valence-electron chi connectivity index (χ0n) is 13.1. The van der Waals surface area contributed by atoms with Crippen LogP contribution in [0.15, 0.2) is 54.6 Å². The van der Waals surface area contributed by atoms with Crippen molar-refractivity contribution in [3.8, 4) is 11.8 Å². The van der Waals surface area contributed by atoms with Crippen molar-refractivity contribution in [2.45, 2.75) is 12.5 Å². The fourth-order valence-electron chi connectivity index (χ4n) is 2.24. The van der Waals surface area contributed by atoms with Gasteiger partial charge in [0.05, 0.1) is 6.07 Å². The minimum absolute atomic E-state index is 0.0490. The molecule has 1 unspecified atom stereocenters. The number of nitrogens with one attached hydrogen (secondary N) is 2. The number of carbonyl (C=O) groups is 2. The van der Waals surface area contributed by atoms with Gasteiger partial charge in [0.2, 0.25) is 0 Å². The fraction of sp³-hybridized carbons (Fsp3) is 0.167. The molecule has 0 saturated carbocycles. The van der Waals surface area contributed by atoms with E-state index in [1.54, 1.807) is 49.4 Å². The van der Waals surface area contributed by atoms with Crippen LogP contribution in [0, 0.1) is 11.3 Å². The van der Waals surface area contributed by atoms with Gasteiger partial charge in [-0.2, -0.15) is 5.26 Å². The number of phenolic OH excluding ortho intramolecular Hbond substituents is 1. The number of nitrogens with zero attached hydrogens (tertiary/aromatic N) is 1. The number of carbonyl (C=O) groups excluding carboxylic acids is 2. The third-order valence-electron chi connectivity index (χ3n) is 3.63. The Kier molecular flexibility index (Phi) is 5.17. The first-order valence-electron chi connectivity index (χ1n) is 7.29. The van der Waals surface area contributed by atoms with Gasteiger partial charge in [-0.15, -0.1) is 0 Å². The van der Waals surface area contributed by atoms with Crippen LogP contribution in [-0.2, 0) is 10.3 Å². The van der Waals surface area contributed by atoms with Crippen molar-refractivity contribution in [2.24, 2.45) is 0 Å². The molecule has 0 saturated heterocycles. The Balaban J connectivity index is 2.35. The molecular weight excluding hydrogens is 306 g/mol. The summed E-state index contributed by atoms with van der Waals surface area (Å²) in [7, 11) is 0. The molecule has 0 aliphatic rings. The number of aromatic hydroxyl groups is 1. The maximum Gasteiger partial charge on any atom is 0.252 e. The Hall–Kier alpha value is -3.33. The summed E-state index contributed by atoms with van der Waals surface area (Å²) in [6.07, 6.45) is 0. The first kappa shape index (κ1) is 17.0. The van der Waals surface area contributed by atoms with E-state index in [2.05, 4.69) is 10.6 Å². The highest BCUT2D eigenvalue weighted by Gasteiger charge is 2.37. The third kappa shape index (κ3) is 3.70. The molecule has 0 bridgehead atoms.